The van der Waals surface area contributed by atoms with Gasteiger partial charge in [0.25, 0.3) is 0 Å². The van der Waals surface area contributed by atoms with Crippen LogP contribution >= 0.6 is 11.8 Å². The monoisotopic (exact) mass is 495 g/mol. The van der Waals surface area contributed by atoms with Crippen LogP contribution in [0.2, 0.25) is 0 Å². The van der Waals surface area contributed by atoms with E-state index in [0.717, 1.165) is 36.6 Å². The van der Waals surface area contributed by atoms with Gasteiger partial charge in [-0.1, -0.05) is 54.9 Å². The Morgan fingerprint density at radius 2 is 1.74 bits per heavy atom. The maximum absolute atomic E-state index is 13.6. The quantitative estimate of drug-likeness (QED) is 0.390. The molecule has 2 atom stereocenters. The van der Waals surface area contributed by atoms with Crippen LogP contribution in [0.1, 0.15) is 68.6 Å². The van der Waals surface area contributed by atoms with E-state index in [1.807, 2.05) is 4.57 Å². The molecule has 1 N–H and O–H groups in total. The minimum atomic E-state index is -0.289. The SMILES string of the molecule is CC[C@H](NC(=O)CSc1nnc([C@@H](C)N2CCCCC2)n1-c1ccc(F)cc1)c1ccc(C)cc1. The maximum atomic E-state index is 13.6. The second-order valence-electron chi connectivity index (χ2n) is 9.15. The molecule has 0 spiro atoms. The minimum absolute atomic E-state index is 0.0339. The Morgan fingerprint density at radius 1 is 1.06 bits per heavy atom. The van der Waals surface area contributed by atoms with Gasteiger partial charge in [-0.15, -0.1) is 10.2 Å². The van der Waals surface area contributed by atoms with E-state index < -0.39 is 0 Å². The van der Waals surface area contributed by atoms with Gasteiger partial charge in [-0.05, 0) is 76.0 Å². The third-order valence-electron chi connectivity index (χ3n) is 6.61. The number of aromatic nitrogens is 3. The lowest BCUT2D eigenvalue weighted by molar-refractivity contribution is -0.119. The number of likely N-dealkylation sites (tertiary alicyclic amines) is 1. The van der Waals surface area contributed by atoms with Crippen LogP contribution in [0.4, 0.5) is 4.39 Å². The molecular weight excluding hydrogens is 461 g/mol. The summed E-state index contributed by atoms with van der Waals surface area (Å²) in [5.41, 5.74) is 3.09. The third kappa shape index (κ3) is 6.30. The van der Waals surface area contributed by atoms with E-state index in [4.69, 9.17) is 0 Å². The molecule has 0 radical (unpaired) electrons. The highest BCUT2D eigenvalue weighted by atomic mass is 32.2. The van der Waals surface area contributed by atoms with Gasteiger partial charge in [0, 0.05) is 5.69 Å². The van der Waals surface area contributed by atoms with Crippen molar-refractivity contribution in [1.82, 2.24) is 25.0 Å². The average Bonchev–Trinajstić information content (AvgIpc) is 3.31. The summed E-state index contributed by atoms with van der Waals surface area (Å²) in [6.45, 7) is 8.32. The first-order chi connectivity index (χ1) is 17.0. The molecule has 1 aliphatic heterocycles. The molecule has 2 heterocycles. The number of nitrogens with one attached hydrogen (secondary N) is 1. The van der Waals surface area contributed by atoms with Crippen LogP contribution < -0.4 is 5.32 Å². The smallest absolute Gasteiger partial charge is 0.230 e. The zero-order valence-corrected chi connectivity index (χ0v) is 21.5. The van der Waals surface area contributed by atoms with Crippen molar-refractivity contribution in [3.63, 3.8) is 0 Å². The Balaban J connectivity index is 1.51. The van der Waals surface area contributed by atoms with Gasteiger partial charge < -0.3 is 5.32 Å². The van der Waals surface area contributed by atoms with Crippen molar-refractivity contribution in [3.8, 4) is 5.69 Å². The number of nitrogens with zero attached hydrogens (tertiary/aromatic N) is 4. The zero-order valence-electron chi connectivity index (χ0n) is 20.7. The van der Waals surface area contributed by atoms with Crippen LogP contribution in [0.15, 0.2) is 53.7 Å². The van der Waals surface area contributed by atoms with E-state index in [1.54, 1.807) is 12.1 Å². The summed E-state index contributed by atoms with van der Waals surface area (Å²) in [6, 6.07) is 14.7. The van der Waals surface area contributed by atoms with E-state index in [0.29, 0.717) is 5.16 Å². The highest BCUT2D eigenvalue weighted by molar-refractivity contribution is 7.99. The number of halogens is 1. The van der Waals surface area contributed by atoms with Gasteiger partial charge in [0.1, 0.15) is 5.82 Å². The standard InChI is InChI=1S/C27H34FN5OS/c1-4-24(21-10-8-19(2)9-11-21)29-25(34)18-35-27-31-30-26(20(3)32-16-6-5-7-17-32)33(27)23-14-12-22(28)13-15-23/h8-15,20,24H,4-7,16-18H2,1-3H3,(H,29,34)/t20-,24+/m1/s1. The highest BCUT2D eigenvalue weighted by Gasteiger charge is 2.26. The highest BCUT2D eigenvalue weighted by Crippen LogP contribution is 2.29. The van der Waals surface area contributed by atoms with E-state index in [2.05, 4.69) is 65.5 Å². The molecule has 0 bridgehead atoms. The van der Waals surface area contributed by atoms with Crippen LogP contribution in [-0.4, -0.2) is 44.4 Å². The van der Waals surface area contributed by atoms with Gasteiger partial charge >= 0.3 is 0 Å². The van der Waals surface area contributed by atoms with Crippen molar-refractivity contribution in [2.45, 2.75) is 63.7 Å². The van der Waals surface area contributed by atoms with Crippen LogP contribution in [-0.2, 0) is 4.79 Å². The molecule has 35 heavy (non-hydrogen) atoms. The number of carbonyl (C=O) groups excluding carboxylic acids is 1. The number of rotatable bonds is 9. The first-order valence-corrected chi connectivity index (χ1v) is 13.4. The summed E-state index contributed by atoms with van der Waals surface area (Å²) in [4.78, 5) is 15.3. The van der Waals surface area contributed by atoms with Gasteiger partial charge in [-0.2, -0.15) is 0 Å². The van der Waals surface area contributed by atoms with E-state index >= 15 is 0 Å². The molecule has 2 aromatic carbocycles. The fraction of sp³-hybridized carbons (Fsp3) is 0.444. The summed E-state index contributed by atoms with van der Waals surface area (Å²) in [7, 11) is 0. The molecule has 186 valence electrons. The molecule has 6 nitrogen and oxygen atoms in total. The lowest BCUT2D eigenvalue weighted by Gasteiger charge is -2.31. The van der Waals surface area contributed by atoms with Crippen molar-refractivity contribution in [1.29, 1.82) is 0 Å². The summed E-state index contributed by atoms with van der Waals surface area (Å²) >= 11 is 1.35. The Morgan fingerprint density at radius 3 is 2.40 bits per heavy atom. The van der Waals surface area contributed by atoms with Gasteiger partial charge in [0.2, 0.25) is 5.91 Å². The molecule has 1 amide bonds. The van der Waals surface area contributed by atoms with E-state index in [9.17, 15) is 9.18 Å². The fourth-order valence-corrected chi connectivity index (χ4v) is 5.30. The lowest BCUT2D eigenvalue weighted by Crippen LogP contribution is -2.33. The van der Waals surface area contributed by atoms with E-state index in [1.165, 1.54) is 48.7 Å². The molecule has 0 aliphatic carbocycles. The Hall–Kier alpha value is -2.71. The van der Waals surface area contributed by atoms with Gasteiger partial charge in [-0.3, -0.25) is 14.3 Å². The molecule has 1 aromatic heterocycles. The number of hydrogen-bond acceptors (Lipinski definition) is 5. The van der Waals surface area contributed by atoms with Gasteiger partial charge in [0.05, 0.1) is 17.8 Å². The maximum Gasteiger partial charge on any atom is 0.230 e. The van der Waals surface area contributed by atoms with Crippen LogP contribution in [0.5, 0.6) is 0 Å². The molecule has 4 rings (SSSR count). The number of hydrogen-bond donors (Lipinski definition) is 1. The lowest BCUT2D eigenvalue weighted by atomic mass is 10.0. The summed E-state index contributed by atoms with van der Waals surface area (Å²) in [5, 5.41) is 12.8. The first kappa shape index (κ1) is 25.4. The van der Waals surface area contributed by atoms with Crippen molar-refractivity contribution in [3.05, 3.63) is 71.3 Å². The Kier molecular flexibility index (Phi) is 8.57. The number of amides is 1. The normalized spacial score (nSPS) is 16.1. The minimum Gasteiger partial charge on any atom is -0.349 e. The van der Waals surface area contributed by atoms with Crippen LogP contribution in [0.3, 0.4) is 0 Å². The van der Waals surface area contributed by atoms with Crippen molar-refractivity contribution in [2.24, 2.45) is 0 Å². The second kappa shape index (κ2) is 11.8. The van der Waals surface area contributed by atoms with Crippen molar-refractivity contribution in [2.75, 3.05) is 18.8 Å². The van der Waals surface area contributed by atoms with Crippen molar-refractivity contribution < 1.29 is 9.18 Å². The topological polar surface area (TPSA) is 63.1 Å². The van der Waals surface area contributed by atoms with Crippen LogP contribution in [0, 0.1) is 12.7 Å². The molecule has 8 heteroatoms. The Bertz CT molecular complexity index is 1110. The zero-order chi connectivity index (χ0) is 24.8. The van der Waals surface area contributed by atoms with Gasteiger partial charge in [0.15, 0.2) is 11.0 Å². The molecule has 1 saturated heterocycles. The number of thioether (sulfide) groups is 1. The molecule has 0 unspecified atom stereocenters. The predicted molar refractivity (Wildman–Crippen MR) is 138 cm³/mol. The van der Waals surface area contributed by atoms with Crippen molar-refractivity contribution >= 4 is 17.7 Å². The third-order valence-corrected chi connectivity index (χ3v) is 7.54. The van der Waals surface area contributed by atoms with Crippen LogP contribution in [0.25, 0.3) is 5.69 Å². The molecule has 1 fully saturated rings. The molecule has 3 aromatic rings. The number of aryl methyl sites for hydroxylation is 1. The average molecular weight is 496 g/mol. The number of benzene rings is 2. The van der Waals surface area contributed by atoms with E-state index in [-0.39, 0.29) is 29.6 Å². The predicted octanol–water partition coefficient (Wildman–Crippen LogP) is 5.62. The number of carbonyl (C=O) groups is 1. The summed E-state index contributed by atoms with van der Waals surface area (Å²) in [6.07, 6.45) is 4.42. The summed E-state index contributed by atoms with van der Waals surface area (Å²) in [5.74, 6) is 0.691. The van der Waals surface area contributed by atoms with Gasteiger partial charge in [-0.25, -0.2) is 4.39 Å². The molecule has 0 saturated carbocycles. The first-order valence-electron chi connectivity index (χ1n) is 12.4. The summed E-state index contributed by atoms with van der Waals surface area (Å²) < 4.78 is 15.6. The largest absolute Gasteiger partial charge is 0.349 e. The second-order valence-corrected chi connectivity index (χ2v) is 10.1. The molecular formula is C27H34FN5OS. The Labute approximate surface area is 211 Å². The molecule has 1 aliphatic rings. The number of piperidine rings is 1. The fourth-order valence-electron chi connectivity index (χ4n) is 4.53.